The van der Waals surface area contributed by atoms with Crippen LogP contribution in [-0.2, 0) is 21.3 Å². The van der Waals surface area contributed by atoms with Crippen LogP contribution in [0, 0.1) is 20.8 Å². The van der Waals surface area contributed by atoms with Gasteiger partial charge in [0.1, 0.15) is 11.4 Å². The highest BCUT2D eigenvalue weighted by Gasteiger charge is 2.36. The van der Waals surface area contributed by atoms with Crippen LogP contribution in [-0.4, -0.2) is 44.7 Å². The maximum absolute atomic E-state index is 13.8. The van der Waals surface area contributed by atoms with Crippen molar-refractivity contribution in [2.45, 2.75) is 90.1 Å². The SMILES string of the molecule is Cc1c(C)c(S(=O)(=O)N(CCCCCCN)OCCCN)c(C)c2c1OC(C)(C)CC2.Cl. The smallest absolute Gasteiger partial charge is 0.265 e. The van der Waals surface area contributed by atoms with E-state index in [0.717, 1.165) is 66.5 Å². The first-order chi connectivity index (χ1) is 14.6. The number of rotatable bonds is 12. The summed E-state index contributed by atoms with van der Waals surface area (Å²) >= 11 is 0. The summed E-state index contributed by atoms with van der Waals surface area (Å²) in [5.74, 6) is 0.836. The zero-order chi connectivity index (χ0) is 23.2. The molecule has 32 heavy (non-hydrogen) atoms. The third-order valence-corrected chi connectivity index (χ3v) is 8.02. The molecule has 0 spiro atoms. The highest BCUT2D eigenvalue weighted by Crippen LogP contribution is 2.42. The molecule has 0 aliphatic carbocycles. The lowest BCUT2D eigenvalue weighted by atomic mass is 9.88. The number of nitrogens with zero attached hydrogens (tertiary/aromatic N) is 1. The van der Waals surface area contributed by atoms with Crippen LogP contribution in [0.4, 0.5) is 0 Å². The molecule has 0 atom stereocenters. The van der Waals surface area contributed by atoms with Gasteiger partial charge in [-0.15, -0.1) is 12.4 Å². The second-order valence-electron chi connectivity index (χ2n) is 9.08. The average molecular weight is 492 g/mol. The Hall–Kier alpha value is -0.900. The maximum atomic E-state index is 13.8. The lowest BCUT2D eigenvalue weighted by molar-refractivity contribution is -0.0854. The molecule has 1 aliphatic heterocycles. The summed E-state index contributed by atoms with van der Waals surface area (Å²) in [6, 6.07) is 0. The van der Waals surface area contributed by atoms with E-state index in [1.165, 1.54) is 4.47 Å². The first-order valence-electron chi connectivity index (χ1n) is 11.4. The number of hydrogen-bond donors (Lipinski definition) is 2. The lowest BCUT2D eigenvalue weighted by Gasteiger charge is -2.36. The monoisotopic (exact) mass is 491 g/mol. The first-order valence-corrected chi connectivity index (χ1v) is 12.9. The average Bonchev–Trinajstić information content (AvgIpc) is 2.69. The number of benzene rings is 1. The Balaban J connectivity index is 0.00000512. The number of unbranched alkanes of at least 4 members (excludes halogenated alkanes) is 3. The van der Waals surface area contributed by atoms with Crippen molar-refractivity contribution in [1.29, 1.82) is 0 Å². The van der Waals surface area contributed by atoms with Crippen molar-refractivity contribution in [3.63, 3.8) is 0 Å². The quantitative estimate of drug-likeness (QED) is 0.339. The fourth-order valence-corrected chi connectivity index (χ4v) is 5.92. The van der Waals surface area contributed by atoms with Gasteiger partial charge in [0.25, 0.3) is 10.0 Å². The third kappa shape index (κ3) is 6.81. The standard InChI is InChI=1S/C23H41N3O4S.ClH/c1-17-18(2)22(19(3)20-11-12-23(4,5)30-21(17)20)31(27,28)26(29-16-10-14-25)15-9-7-6-8-13-24;/h6-16,24-25H2,1-5H3;1H. The second-order valence-corrected chi connectivity index (χ2v) is 10.8. The summed E-state index contributed by atoms with van der Waals surface area (Å²) in [6.45, 7) is 11.5. The highest BCUT2D eigenvalue weighted by atomic mass is 35.5. The van der Waals surface area contributed by atoms with Gasteiger partial charge in [-0.1, -0.05) is 17.3 Å². The van der Waals surface area contributed by atoms with Crippen LogP contribution in [0.2, 0.25) is 0 Å². The Bertz CT molecular complexity index is 860. The number of sulfonamides is 1. The summed E-state index contributed by atoms with van der Waals surface area (Å²) in [5.41, 5.74) is 14.3. The van der Waals surface area contributed by atoms with Crippen LogP contribution >= 0.6 is 12.4 Å². The van der Waals surface area contributed by atoms with Crippen LogP contribution in [0.3, 0.4) is 0 Å². The van der Waals surface area contributed by atoms with E-state index in [0.29, 0.717) is 31.0 Å². The van der Waals surface area contributed by atoms with E-state index in [9.17, 15) is 8.42 Å². The minimum atomic E-state index is -3.83. The fourth-order valence-electron chi connectivity index (χ4n) is 4.08. The van der Waals surface area contributed by atoms with Crippen molar-refractivity contribution in [3.05, 3.63) is 22.3 Å². The molecule has 1 aromatic rings. The summed E-state index contributed by atoms with van der Waals surface area (Å²) < 4.78 is 35.0. The predicted octanol–water partition coefficient (Wildman–Crippen LogP) is 3.93. The van der Waals surface area contributed by atoms with Gasteiger partial charge >= 0.3 is 0 Å². The van der Waals surface area contributed by atoms with E-state index in [-0.39, 0.29) is 24.6 Å². The zero-order valence-electron chi connectivity index (χ0n) is 20.3. The predicted molar refractivity (Wildman–Crippen MR) is 132 cm³/mol. The number of nitrogens with two attached hydrogens (primary N) is 2. The number of hydroxylamine groups is 1. The Morgan fingerprint density at radius 3 is 2.22 bits per heavy atom. The Labute approximate surface area is 200 Å². The van der Waals surface area contributed by atoms with Gasteiger partial charge in [-0.2, -0.15) is 0 Å². The molecular formula is C23H42ClN3O4S. The molecule has 0 saturated carbocycles. The molecule has 0 amide bonds. The van der Waals surface area contributed by atoms with Crippen molar-refractivity contribution >= 4 is 22.4 Å². The molecule has 0 radical (unpaired) electrons. The molecule has 2 rings (SSSR count). The van der Waals surface area contributed by atoms with Crippen molar-refractivity contribution in [3.8, 4) is 5.75 Å². The van der Waals surface area contributed by atoms with Gasteiger partial charge in [0.05, 0.1) is 11.5 Å². The number of halogens is 1. The highest BCUT2D eigenvalue weighted by molar-refractivity contribution is 7.89. The van der Waals surface area contributed by atoms with E-state index < -0.39 is 10.0 Å². The summed E-state index contributed by atoms with van der Waals surface area (Å²) in [6.07, 6.45) is 5.80. The Morgan fingerprint density at radius 1 is 0.969 bits per heavy atom. The van der Waals surface area contributed by atoms with Crippen molar-refractivity contribution in [2.24, 2.45) is 11.5 Å². The summed E-state index contributed by atoms with van der Waals surface area (Å²) in [5, 5.41) is 0. The van der Waals surface area contributed by atoms with E-state index in [2.05, 4.69) is 13.8 Å². The molecule has 186 valence electrons. The van der Waals surface area contributed by atoms with Crippen LogP contribution in [0.15, 0.2) is 4.90 Å². The molecule has 1 aliphatic rings. The van der Waals surface area contributed by atoms with Crippen LogP contribution in [0.5, 0.6) is 5.75 Å². The maximum Gasteiger partial charge on any atom is 0.265 e. The van der Waals surface area contributed by atoms with Gasteiger partial charge in [-0.3, -0.25) is 4.84 Å². The molecule has 7 nitrogen and oxygen atoms in total. The molecule has 0 fully saturated rings. The molecule has 0 aromatic heterocycles. The van der Waals surface area contributed by atoms with Crippen LogP contribution in [0.25, 0.3) is 0 Å². The molecule has 0 saturated heterocycles. The van der Waals surface area contributed by atoms with Gasteiger partial charge in [0.15, 0.2) is 0 Å². The fraction of sp³-hybridized carbons (Fsp3) is 0.739. The van der Waals surface area contributed by atoms with Crippen molar-refractivity contribution in [1.82, 2.24) is 4.47 Å². The minimum Gasteiger partial charge on any atom is -0.487 e. The normalized spacial score (nSPS) is 15.2. The topological polar surface area (TPSA) is 108 Å². The van der Waals surface area contributed by atoms with E-state index >= 15 is 0 Å². The van der Waals surface area contributed by atoms with Crippen LogP contribution < -0.4 is 16.2 Å². The number of hydrogen-bond acceptors (Lipinski definition) is 6. The van der Waals surface area contributed by atoms with E-state index in [1.807, 2.05) is 20.8 Å². The van der Waals surface area contributed by atoms with Gasteiger partial charge < -0.3 is 16.2 Å². The number of ether oxygens (including phenoxy) is 1. The Morgan fingerprint density at radius 2 is 1.59 bits per heavy atom. The van der Waals surface area contributed by atoms with Gasteiger partial charge in [-0.25, -0.2) is 8.42 Å². The molecule has 0 bridgehead atoms. The second kappa shape index (κ2) is 12.5. The number of fused-ring (bicyclic) bond motifs is 1. The zero-order valence-corrected chi connectivity index (χ0v) is 22.0. The molecule has 9 heteroatoms. The summed E-state index contributed by atoms with van der Waals surface area (Å²) in [7, 11) is -3.83. The van der Waals surface area contributed by atoms with Gasteiger partial charge in [0.2, 0.25) is 0 Å². The molecular weight excluding hydrogens is 450 g/mol. The molecule has 1 heterocycles. The Kier molecular flexibility index (Phi) is 11.4. The van der Waals surface area contributed by atoms with E-state index in [1.54, 1.807) is 0 Å². The lowest BCUT2D eigenvalue weighted by Crippen LogP contribution is -2.36. The molecule has 4 N–H and O–H groups in total. The van der Waals surface area contributed by atoms with E-state index in [4.69, 9.17) is 21.0 Å². The summed E-state index contributed by atoms with van der Waals surface area (Å²) in [4.78, 5) is 6.09. The minimum absolute atomic E-state index is 0. The molecule has 1 aromatic carbocycles. The van der Waals surface area contributed by atoms with Gasteiger partial charge in [0, 0.05) is 6.54 Å². The van der Waals surface area contributed by atoms with Gasteiger partial charge in [-0.05, 0) is 102 Å². The van der Waals surface area contributed by atoms with Crippen molar-refractivity contribution < 1.29 is 18.0 Å². The first kappa shape index (κ1) is 29.1. The van der Waals surface area contributed by atoms with Crippen LogP contribution in [0.1, 0.15) is 74.6 Å². The van der Waals surface area contributed by atoms with Crippen molar-refractivity contribution in [2.75, 3.05) is 26.2 Å². The molecule has 0 unspecified atom stereocenters. The third-order valence-electron chi connectivity index (χ3n) is 6.07. The largest absolute Gasteiger partial charge is 0.487 e.